The third-order valence-electron chi connectivity index (χ3n) is 2.42. The van der Waals surface area contributed by atoms with E-state index >= 15 is 0 Å². The maximum Gasteiger partial charge on any atom is 0.337 e. The van der Waals surface area contributed by atoms with E-state index < -0.39 is 11.6 Å². The first-order chi connectivity index (χ1) is 5.55. The number of hydrogen-bond donors (Lipinski definition) is 3. The Morgan fingerprint density at radius 3 is 2.67 bits per heavy atom. The highest BCUT2D eigenvalue weighted by molar-refractivity contribution is 5.77. The van der Waals surface area contributed by atoms with Crippen molar-refractivity contribution in [1.29, 1.82) is 0 Å². The molecule has 4 nitrogen and oxygen atoms in total. The van der Waals surface area contributed by atoms with Gasteiger partial charge in [0.05, 0.1) is 0 Å². The monoisotopic (exact) mass is 173 g/mol. The Morgan fingerprint density at radius 1 is 1.58 bits per heavy atom. The molecule has 3 N–H and O–H groups in total. The number of rotatable bonds is 2. The minimum atomic E-state index is -1.62. The van der Waals surface area contributed by atoms with Gasteiger partial charge in [0.1, 0.15) is 0 Å². The number of carbonyl (C=O) groups is 1. The molecule has 0 radical (unpaired) electrons. The molecule has 0 spiro atoms. The Balaban J connectivity index is 2.59. The minimum absolute atomic E-state index is 0.302. The lowest BCUT2D eigenvalue weighted by atomic mass is 9.90. The molecule has 1 fully saturated rings. The summed E-state index contributed by atoms with van der Waals surface area (Å²) in [5.74, 6) is -1.15. The topological polar surface area (TPSA) is 69.6 Å². The quantitative estimate of drug-likeness (QED) is 0.548. The number of piperidine rings is 1. The van der Waals surface area contributed by atoms with Gasteiger partial charge in [0.2, 0.25) is 0 Å². The lowest BCUT2D eigenvalue weighted by Crippen LogP contribution is -2.55. The van der Waals surface area contributed by atoms with Crippen LogP contribution in [0.4, 0.5) is 0 Å². The molecule has 0 unspecified atom stereocenters. The summed E-state index contributed by atoms with van der Waals surface area (Å²) < 4.78 is 0. The van der Waals surface area contributed by atoms with Crippen molar-refractivity contribution in [2.24, 2.45) is 0 Å². The summed E-state index contributed by atoms with van der Waals surface area (Å²) in [5, 5.41) is 21.3. The van der Waals surface area contributed by atoms with Gasteiger partial charge in [0.15, 0.2) is 5.60 Å². The van der Waals surface area contributed by atoms with Crippen molar-refractivity contribution in [3.63, 3.8) is 0 Å². The first-order valence-corrected chi connectivity index (χ1v) is 4.24. The van der Waals surface area contributed by atoms with E-state index in [2.05, 4.69) is 5.32 Å². The molecular weight excluding hydrogens is 158 g/mol. The van der Waals surface area contributed by atoms with Crippen molar-refractivity contribution < 1.29 is 15.0 Å². The van der Waals surface area contributed by atoms with Crippen LogP contribution in [0.1, 0.15) is 26.2 Å². The van der Waals surface area contributed by atoms with Crippen LogP contribution in [0.5, 0.6) is 0 Å². The fourth-order valence-corrected chi connectivity index (χ4v) is 1.48. The molecule has 4 heteroatoms. The van der Waals surface area contributed by atoms with Crippen LogP contribution in [0.2, 0.25) is 0 Å². The van der Waals surface area contributed by atoms with E-state index in [9.17, 15) is 9.90 Å². The van der Waals surface area contributed by atoms with Crippen LogP contribution in [-0.2, 0) is 4.79 Å². The lowest BCUT2D eigenvalue weighted by molar-refractivity contribution is -0.160. The Morgan fingerprint density at radius 2 is 2.25 bits per heavy atom. The zero-order chi connectivity index (χ0) is 9.19. The molecular formula is C8H15NO3. The molecule has 1 aliphatic heterocycles. The smallest absolute Gasteiger partial charge is 0.337 e. The molecule has 0 aromatic rings. The van der Waals surface area contributed by atoms with E-state index in [0.717, 1.165) is 25.8 Å². The molecule has 0 aliphatic carbocycles. The third kappa shape index (κ3) is 1.76. The average Bonchev–Trinajstić information content (AvgIpc) is 2.06. The van der Waals surface area contributed by atoms with E-state index in [4.69, 9.17) is 5.11 Å². The van der Waals surface area contributed by atoms with Crippen molar-refractivity contribution >= 4 is 5.97 Å². The molecule has 1 aliphatic rings. The molecule has 1 rings (SSSR count). The number of hydrogen-bond acceptors (Lipinski definition) is 3. The summed E-state index contributed by atoms with van der Waals surface area (Å²) in [6.07, 6.45) is 2.78. The van der Waals surface area contributed by atoms with Crippen molar-refractivity contribution in [3.8, 4) is 0 Å². The SMILES string of the molecule is C[C@](O)(C(=O)O)[C@H]1CCCCN1. The van der Waals surface area contributed by atoms with E-state index in [1.807, 2.05) is 0 Å². The second kappa shape index (κ2) is 3.41. The van der Waals surface area contributed by atoms with Crippen LogP contribution >= 0.6 is 0 Å². The summed E-state index contributed by atoms with van der Waals surface area (Å²) in [6, 6.07) is -0.302. The van der Waals surface area contributed by atoms with E-state index in [-0.39, 0.29) is 6.04 Å². The number of nitrogens with one attached hydrogen (secondary N) is 1. The summed E-state index contributed by atoms with van der Waals surface area (Å²) >= 11 is 0. The normalized spacial score (nSPS) is 29.3. The summed E-state index contributed by atoms with van der Waals surface area (Å²) in [5.41, 5.74) is -1.62. The number of carboxylic acids is 1. The molecule has 0 saturated carbocycles. The summed E-state index contributed by atoms with van der Waals surface area (Å²) in [7, 11) is 0. The van der Waals surface area contributed by atoms with Crippen LogP contribution in [0, 0.1) is 0 Å². The molecule has 0 aromatic heterocycles. The van der Waals surface area contributed by atoms with Gasteiger partial charge in [-0.2, -0.15) is 0 Å². The van der Waals surface area contributed by atoms with Crippen LogP contribution in [0.15, 0.2) is 0 Å². The molecule has 0 amide bonds. The van der Waals surface area contributed by atoms with Gasteiger partial charge in [-0.1, -0.05) is 6.42 Å². The predicted molar refractivity (Wildman–Crippen MR) is 43.9 cm³/mol. The Labute approximate surface area is 71.6 Å². The summed E-state index contributed by atoms with van der Waals surface area (Å²) in [4.78, 5) is 10.6. The van der Waals surface area contributed by atoms with Crippen molar-refractivity contribution in [1.82, 2.24) is 5.32 Å². The molecule has 1 saturated heterocycles. The van der Waals surface area contributed by atoms with Crippen molar-refractivity contribution in [2.45, 2.75) is 37.8 Å². The highest BCUT2D eigenvalue weighted by Crippen LogP contribution is 2.18. The first-order valence-electron chi connectivity index (χ1n) is 4.24. The Hall–Kier alpha value is -0.610. The van der Waals surface area contributed by atoms with E-state index in [1.165, 1.54) is 6.92 Å². The van der Waals surface area contributed by atoms with Gasteiger partial charge in [0.25, 0.3) is 0 Å². The maximum absolute atomic E-state index is 10.6. The average molecular weight is 173 g/mol. The van der Waals surface area contributed by atoms with E-state index in [0.29, 0.717) is 0 Å². The zero-order valence-corrected chi connectivity index (χ0v) is 7.21. The second-order valence-electron chi connectivity index (χ2n) is 3.46. The molecule has 70 valence electrons. The molecule has 1 heterocycles. The fraction of sp³-hybridized carbons (Fsp3) is 0.875. The van der Waals surface area contributed by atoms with E-state index in [1.54, 1.807) is 0 Å². The van der Waals surface area contributed by atoms with Crippen LogP contribution in [0.25, 0.3) is 0 Å². The Bertz CT molecular complexity index is 173. The molecule has 12 heavy (non-hydrogen) atoms. The largest absolute Gasteiger partial charge is 0.479 e. The van der Waals surface area contributed by atoms with Gasteiger partial charge in [-0.15, -0.1) is 0 Å². The first kappa shape index (κ1) is 9.48. The third-order valence-corrected chi connectivity index (χ3v) is 2.42. The fourth-order valence-electron chi connectivity index (χ4n) is 1.48. The lowest BCUT2D eigenvalue weighted by Gasteiger charge is -2.32. The number of aliphatic hydroxyl groups is 1. The van der Waals surface area contributed by atoms with Crippen molar-refractivity contribution in [2.75, 3.05) is 6.54 Å². The highest BCUT2D eigenvalue weighted by atomic mass is 16.4. The molecule has 0 bridgehead atoms. The zero-order valence-electron chi connectivity index (χ0n) is 7.21. The minimum Gasteiger partial charge on any atom is -0.479 e. The van der Waals surface area contributed by atoms with Crippen molar-refractivity contribution in [3.05, 3.63) is 0 Å². The predicted octanol–water partition coefficient (Wildman–Crippen LogP) is -0.0359. The standard InChI is InChI=1S/C8H15NO3/c1-8(12,7(10)11)6-4-2-3-5-9-6/h6,9,12H,2-5H2,1H3,(H,10,11)/t6-,8-/m1/s1. The van der Waals surface area contributed by atoms with Gasteiger partial charge in [-0.25, -0.2) is 4.79 Å². The van der Waals surface area contributed by atoms with Gasteiger partial charge in [-0.3, -0.25) is 0 Å². The second-order valence-corrected chi connectivity index (χ2v) is 3.46. The Kier molecular flexibility index (Phi) is 2.69. The maximum atomic E-state index is 10.6. The van der Waals surface area contributed by atoms with Gasteiger partial charge >= 0.3 is 5.97 Å². The van der Waals surface area contributed by atoms with Crippen LogP contribution < -0.4 is 5.32 Å². The van der Waals surface area contributed by atoms with Gasteiger partial charge < -0.3 is 15.5 Å². The van der Waals surface area contributed by atoms with Crippen LogP contribution in [-0.4, -0.2) is 34.4 Å². The molecule has 0 aromatic carbocycles. The van der Waals surface area contributed by atoms with Gasteiger partial charge in [-0.05, 0) is 26.3 Å². The number of aliphatic carboxylic acids is 1. The number of carboxylic acid groups (broad SMARTS) is 1. The summed E-state index contributed by atoms with van der Waals surface area (Å²) in [6.45, 7) is 2.15. The van der Waals surface area contributed by atoms with Crippen LogP contribution in [0.3, 0.4) is 0 Å². The molecule has 2 atom stereocenters. The highest BCUT2D eigenvalue weighted by Gasteiger charge is 2.39. The van der Waals surface area contributed by atoms with Gasteiger partial charge in [0, 0.05) is 6.04 Å².